The molecule has 12 heteroatoms. The van der Waals surface area contributed by atoms with Gasteiger partial charge in [0.25, 0.3) is 11.5 Å². The summed E-state index contributed by atoms with van der Waals surface area (Å²) in [6.07, 6.45) is 1.84. The minimum atomic E-state index is -0.611. The summed E-state index contributed by atoms with van der Waals surface area (Å²) in [6, 6.07) is 5.58. The van der Waals surface area contributed by atoms with E-state index in [4.69, 9.17) is 16.3 Å². The van der Waals surface area contributed by atoms with Crippen molar-refractivity contribution in [3.63, 3.8) is 0 Å². The first-order valence-corrected chi connectivity index (χ1v) is 12.6. The average Bonchev–Trinajstić information content (AvgIpc) is 3.27. The van der Waals surface area contributed by atoms with Crippen LogP contribution in [0.1, 0.15) is 61.1 Å². The van der Waals surface area contributed by atoms with E-state index in [1.165, 1.54) is 35.0 Å². The highest BCUT2D eigenvalue weighted by molar-refractivity contribution is 6.31. The van der Waals surface area contributed by atoms with E-state index in [0.29, 0.717) is 31.6 Å². The molecule has 1 fully saturated rings. The molecule has 4 rings (SSSR count). The predicted molar refractivity (Wildman–Crippen MR) is 138 cm³/mol. The number of aromatic nitrogens is 3. The molecule has 1 aliphatic rings. The molecule has 0 unspecified atom stereocenters. The Kier molecular flexibility index (Phi) is 7.86. The van der Waals surface area contributed by atoms with Gasteiger partial charge in [-0.05, 0) is 45.7 Å². The van der Waals surface area contributed by atoms with E-state index in [9.17, 15) is 23.6 Å². The summed E-state index contributed by atoms with van der Waals surface area (Å²) < 4.78 is 20.9. The van der Waals surface area contributed by atoms with Crippen LogP contribution in [0.15, 0.2) is 35.3 Å². The van der Waals surface area contributed by atoms with Crippen LogP contribution < -0.4 is 10.9 Å². The van der Waals surface area contributed by atoms with Gasteiger partial charge in [-0.25, -0.2) is 13.7 Å². The zero-order chi connectivity index (χ0) is 27.6. The number of ketones is 1. The quantitative estimate of drug-likeness (QED) is 0.488. The van der Waals surface area contributed by atoms with Gasteiger partial charge in [0.1, 0.15) is 22.6 Å². The molecule has 2 aromatic heterocycles. The molecule has 10 nitrogen and oxygen atoms in total. The molecule has 0 spiro atoms. The largest absolute Gasteiger partial charge is 0.444 e. The van der Waals surface area contributed by atoms with Crippen LogP contribution in [0.4, 0.5) is 9.18 Å². The third kappa shape index (κ3) is 6.21. The summed E-state index contributed by atoms with van der Waals surface area (Å²) in [5.74, 6) is -1.71. The highest BCUT2D eigenvalue weighted by atomic mass is 35.5. The number of Topliss-reactive ketones (excluding diaryl/α,β-unsaturated/α-hetero) is 1. The second-order valence-corrected chi connectivity index (χ2v) is 10.6. The second-order valence-electron chi connectivity index (χ2n) is 10.2. The lowest BCUT2D eigenvalue weighted by atomic mass is 9.93. The molecule has 3 heterocycles. The van der Waals surface area contributed by atoms with Crippen molar-refractivity contribution in [1.82, 2.24) is 24.8 Å². The standard InChI is InChI=1S/C26H29ClFN5O5/c1-26(2,3)38-25(37)32-9-7-15(8-10-32)21-12-22(35)31-23-18(14-30-33(21)23)24(36)29-13-16(34)11-17-19(27)5-4-6-20(17)28/h4-6,12,14-15H,7-11,13H2,1-3H3,(H,29,36)(H,31,35). The van der Waals surface area contributed by atoms with Crippen LogP contribution in [-0.2, 0) is 16.0 Å². The van der Waals surface area contributed by atoms with Crippen LogP contribution in [0, 0.1) is 5.82 Å². The molecule has 1 aliphatic heterocycles. The molecule has 0 radical (unpaired) electrons. The molecular weight excluding hydrogens is 517 g/mol. The minimum absolute atomic E-state index is 0.0658. The predicted octanol–water partition coefficient (Wildman–Crippen LogP) is 3.47. The van der Waals surface area contributed by atoms with Crippen molar-refractivity contribution >= 4 is 35.0 Å². The van der Waals surface area contributed by atoms with Gasteiger partial charge in [-0.1, -0.05) is 17.7 Å². The van der Waals surface area contributed by atoms with Crippen LogP contribution in [0.3, 0.4) is 0 Å². The van der Waals surface area contributed by atoms with Gasteiger partial charge in [0.05, 0.1) is 18.4 Å². The summed E-state index contributed by atoms with van der Waals surface area (Å²) in [4.78, 5) is 54.3. The number of aromatic amines is 1. The van der Waals surface area contributed by atoms with Gasteiger partial charge < -0.3 is 19.9 Å². The molecule has 0 atom stereocenters. The zero-order valence-corrected chi connectivity index (χ0v) is 22.1. The Bertz CT molecular complexity index is 1420. The number of piperidine rings is 1. The van der Waals surface area contributed by atoms with Crippen molar-refractivity contribution in [2.45, 2.75) is 51.6 Å². The van der Waals surface area contributed by atoms with Crippen LogP contribution in [0.2, 0.25) is 5.02 Å². The Hall–Kier alpha value is -3.73. The fraction of sp³-hybridized carbons (Fsp3) is 0.423. The fourth-order valence-corrected chi connectivity index (χ4v) is 4.62. The maximum absolute atomic E-state index is 14.0. The average molecular weight is 546 g/mol. The number of hydrogen-bond donors (Lipinski definition) is 2. The number of nitrogens with zero attached hydrogens (tertiary/aromatic N) is 3. The number of benzene rings is 1. The summed E-state index contributed by atoms with van der Waals surface area (Å²) >= 11 is 5.98. The summed E-state index contributed by atoms with van der Waals surface area (Å²) in [5, 5.41) is 6.94. The topological polar surface area (TPSA) is 126 Å². The molecular formula is C26H29ClFN5O5. The van der Waals surface area contributed by atoms with E-state index in [2.05, 4.69) is 15.4 Å². The fourth-order valence-electron chi connectivity index (χ4n) is 4.39. The lowest BCUT2D eigenvalue weighted by molar-refractivity contribution is -0.117. The minimum Gasteiger partial charge on any atom is -0.444 e. The molecule has 2 N–H and O–H groups in total. The second kappa shape index (κ2) is 10.9. The smallest absolute Gasteiger partial charge is 0.410 e. The van der Waals surface area contributed by atoms with Crippen LogP contribution in [-0.4, -0.2) is 62.5 Å². The Morgan fingerprint density at radius 3 is 2.61 bits per heavy atom. The number of rotatable bonds is 6. The van der Waals surface area contributed by atoms with Crippen molar-refractivity contribution in [2.75, 3.05) is 19.6 Å². The van der Waals surface area contributed by atoms with E-state index < -0.39 is 28.7 Å². The lowest BCUT2D eigenvalue weighted by Crippen LogP contribution is -2.41. The Morgan fingerprint density at radius 1 is 1.24 bits per heavy atom. The molecule has 0 bridgehead atoms. The van der Waals surface area contributed by atoms with Gasteiger partial charge in [-0.15, -0.1) is 0 Å². The lowest BCUT2D eigenvalue weighted by Gasteiger charge is -2.33. The van der Waals surface area contributed by atoms with Crippen molar-refractivity contribution in [3.05, 3.63) is 68.5 Å². The first-order valence-electron chi connectivity index (χ1n) is 12.2. The van der Waals surface area contributed by atoms with Crippen molar-refractivity contribution in [1.29, 1.82) is 0 Å². The first-order chi connectivity index (χ1) is 17.9. The highest BCUT2D eigenvalue weighted by Crippen LogP contribution is 2.28. The van der Waals surface area contributed by atoms with E-state index in [1.807, 2.05) is 20.8 Å². The molecule has 0 aliphatic carbocycles. The van der Waals surface area contributed by atoms with Gasteiger partial charge >= 0.3 is 6.09 Å². The van der Waals surface area contributed by atoms with Crippen molar-refractivity contribution in [2.24, 2.45) is 0 Å². The van der Waals surface area contributed by atoms with Gasteiger partial charge in [-0.3, -0.25) is 14.4 Å². The summed E-state index contributed by atoms with van der Waals surface area (Å²) in [5.41, 5.74) is -0.0141. The maximum atomic E-state index is 14.0. The first kappa shape index (κ1) is 27.3. The molecule has 1 saturated heterocycles. The van der Waals surface area contributed by atoms with E-state index in [-0.39, 0.29) is 46.8 Å². The van der Waals surface area contributed by atoms with Crippen LogP contribution in [0.25, 0.3) is 5.65 Å². The normalized spacial score (nSPS) is 14.5. The number of ether oxygens (including phenoxy) is 1. The van der Waals surface area contributed by atoms with Gasteiger partial charge in [-0.2, -0.15) is 5.10 Å². The Labute approximate surface area is 223 Å². The molecule has 202 valence electrons. The van der Waals surface area contributed by atoms with Crippen molar-refractivity contribution < 1.29 is 23.5 Å². The Morgan fingerprint density at radius 2 is 1.95 bits per heavy atom. The van der Waals surface area contributed by atoms with E-state index in [0.717, 1.165) is 0 Å². The number of carbonyl (C=O) groups excluding carboxylic acids is 3. The SMILES string of the molecule is CC(C)(C)OC(=O)N1CCC(c2cc(=O)[nH]c3c(C(=O)NCC(=O)Cc4c(F)cccc4Cl)cnn23)CC1. The van der Waals surface area contributed by atoms with Gasteiger partial charge in [0.2, 0.25) is 0 Å². The van der Waals surface area contributed by atoms with Crippen LogP contribution >= 0.6 is 11.6 Å². The number of likely N-dealkylation sites (tertiary alicyclic amines) is 1. The Balaban J connectivity index is 1.44. The maximum Gasteiger partial charge on any atom is 0.410 e. The monoisotopic (exact) mass is 545 g/mol. The highest BCUT2D eigenvalue weighted by Gasteiger charge is 2.29. The van der Waals surface area contributed by atoms with Crippen molar-refractivity contribution in [3.8, 4) is 0 Å². The number of nitrogens with one attached hydrogen (secondary N) is 2. The third-order valence-corrected chi connectivity index (χ3v) is 6.58. The number of H-pyrrole nitrogens is 1. The number of carbonyl (C=O) groups is 3. The molecule has 38 heavy (non-hydrogen) atoms. The van der Waals surface area contributed by atoms with E-state index in [1.54, 1.807) is 4.90 Å². The number of amides is 2. The van der Waals surface area contributed by atoms with Gasteiger partial charge in [0, 0.05) is 42.1 Å². The summed E-state index contributed by atoms with van der Waals surface area (Å²) in [7, 11) is 0. The summed E-state index contributed by atoms with van der Waals surface area (Å²) in [6.45, 7) is 5.99. The van der Waals surface area contributed by atoms with Gasteiger partial charge in [0.15, 0.2) is 5.78 Å². The number of halogens is 2. The number of fused-ring (bicyclic) bond motifs is 1. The van der Waals surface area contributed by atoms with E-state index >= 15 is 0 Å². The third-order valence-electron chi connectivity index (χ3n) is 6.23. The number of hydrogen-bond acceptors (Lipinski definition) is 6. The molecule has 3 aromatic rings. The molecule has 1 aromatic carbocycles. The van der Waals surface area contributed by atoms with Crippen LogP contribution in [0.5, 0.6) is 0 Å². The molecule has 2 amide bonds. The molecule has 0 saturated carbocycles. The zero-order valence-electron chi connectivity index (χ0n) is 21.3.